The van der Waals surface area contributed by atoms with E-state index in [4.69, 9.17) is 19.9 Å². The van der Waals surface area contributed by atoms with Gasteiger partial charge < -0.3 is 24.7 Å². The lowest BCUT2D eigenvalue weighted by Crippen LogP contribution is -2.45. The number of ether oxygens (including phenoxy) is 1. The van der Waals surface area contributed by atoms with Gasteiger partial charge in [0.15, 0.2) is 5.13 Å². The molecule has 36 heavy (non-hydrogen) atoms. The molecule has 192 valence electrons. The molecule has 1 saturated heterocycles. The SMILES string of the molecule is CC(COc1ccccc1)CN1CCC(N(C)c2nc3ccccc3s2)CC1.O=C(O)/C=C\C(=O)O. The minimum Gasteiger partial charge on any atom is -0.493 e. The Hall–Kier alpha value is -3.43. The van der Waals surface area contributed by atoms with Gasteiger partial charge in [0.2, 0.25) is 0 Å². The third-order valence-corrected chi connectivity index (χ3v) is 7.03. The van der Waals surface area contributed by atoms with Crippen molar-refractivity contribution in [2.75, 3.05) is 38.2 Å². The number of anilines is 1. The number of benzene rings is 2. The van der Waals surface area contributed by atoms with Crippen LogP contribution in [0.25, 0.3) is 10.2 Å². The summed E-state index contributed by atoms with van der Waals surface area (Å²) < 4.78 is 7.19. The third-order valence-electron chi connectivity index (χ3n) is 5.91. The average molecular weight is 512 g/mol. The first-order valence-corrected chi connectivity index (χ1v) is 12.8. The highest BCUT2D eigenvalue weighted by atomic mass is 32.1. The molecular weight excluding hydrogens is 478 g/mol. The number of fused-ring (bicyclic) bond motifs is 1. The Kier molecular flexibility index (Phi) is 10.3. The van der Waals surface area contributed by atoms with Crippen molar-refractivity contribution in [3.8, 4) is 5.75 Å². The zero-order chi connectivity index (χ0) is 25.9. The molecule has 0 aliphatic carbocycles. The van der Waals surface area contributed by atoms with Gasteiger partial charge in [-0.15, -0.1) is 0 Å². The molecule has 4 rings (SSSR count). The lowest BCUT2D eigenvalue weighted by Gasteiger charge is -2.37. The van der Waals surface area contributed by atoms with E-state index < -0.39 is 11.9 Å². The Morgan fingerprint density at radius 2 is 1.69 bits per heavy atom. The van der Waals surface area contributed by atoms with Crippen molar-refractivity contribution in [2.45, 2.75) is 25.8 Å². The van der Waals surface area contributed by atoms with E-state index in [1.807, 2.05) is 30.3 Å². The summed E-state index contributed by atoms with van der Waals surface area (Å²) in [6.07, 6.45) is 3.50. The summed E-state index contributed by atoms with van der Waals surface area (Å²) in [6, 6.07) is 19.1. The van der Waals surface area contributed by atoms with Crippen LogP contribution < -0.4 is 9.64 Å². The number of rotatable bonds is 9. The van der Waals surface area contributed by atoms with Crippen molar-refractivity contribution >= 4 is 38.6 Å². The second-order valence-electron chi connectivity index (χ2n) is 8.85. The van der Waals surface area contributed by atoms with Crippen LogP contribution in [0.2, 0.25) is 0 Å². The van der Waals surface area contributed by atoms with Crippen LogP contribution in [0.5, 0.6) is 5.75 Å². The summed E-state index contributed by atoms with van der Waals surface area (Å²) in [7, 11) is 2.20. The molecule has 3 aromatic rings. The van der Waals surface area contributed by atoms with Gasteiger partial charge in [0.05, 0.1) is 16.8 Å². The predicted octanol–water partition coefficient (Wildman–Crippen LogP) is 4.62. The van der Waals surface area contributed by atoms with Gasteiger partial charge in [-0.2, -0.15) is 0 Å². The molecule has 9 heteroatoms. The van der Waals surface area contributed by atoms with Gasteiger partial charge in [0.25, 0.3) is 0 Å². The first kappa shape index (κ1) is 27.2. The highest BCUT2D eigenvalue weighted by Crippen LogP contribution is 2.31. The van der Waals surface area contributed by atoms with Gasteiger partial charge >= 0.3 is 11.9 Å². The van der Waals surface area contributed by atoms with E-state index in [2.05, 4.69) is 48.0 Å². The molecule has 0 saturated carbocycles. The summed E-state index contributed by atoms with van der Waals surface area (Å²) in [5.74, 6) is -1.02. The lowest BCUT2D eigenvalue weighted by molar-refractivity contribution is -0.134. The summed E-state index contributed by atoms with van der Waals surface area (Å²) in [4.78, 5) is 28.9. The van der Waals surface area contributed by atoms with Gasteiger partial charge in [-0.05, 0) is 37.1 Å². The van der Waals surface area contributed by atoms with Crippen molar-refractivity contribution in [1.29, 1.82) is 0 Å². The number of aliphatic carboxylic acids is 2. The molecule has 1 fully saturated rings. The molecule has 2 heterocycles. The second kappa shape index (κ2) is 13.6. The van der Waals surface area contributed by atoms with E-state index in [1.165, 1.54) is 17.5 Å². The molecule has 0 radical (unpaired) electrons. The number of nitrogens with zero attached hydrogens (tertiary/aromatic N) is 3. The van der Waals surface area contributed by atoms with Crippen LogP contribution in [-0.4, -0.2) is 71.4 Å². The number of piperidine rings is 1. The van der Waals surface area contributed by atoms with Crippen molar-refractivity contribution < 1.29 is 24.5 Å². The summed E-state index contributed by atoms with van der Waals surface area (Å²) in [5, 5.41) is 16.8. The van der Waals surface area contributed by atoms with Gasteiger partial charge in [-0.1, -0.05) is 48.6 Å². The van der Waals surface area contributed by atoms with E-state index in [-0.39, 0.29) is 0 Å². The Morgan fingerprint density at radius 1 is 1.08 bits per heavy atom. The Morgan fingerprint density at radius 3 is 2.31 bits per heavy atom. The maximum absolute atomic E-state index is 9.55. The maximum Gasteiger partial charge on any atom is 0.328 e. The molecule has 8 nitrogen and oxygen atoms in total. The van der Waals surface area contributed by atoms with E-state index in [9.17, 15) is 9.59 Å². The summed E-state index contributed by atoms with van der Waals surface area (Å²) in [5.41, 5.74) is 1.11. The third kappa shape index (κ3) is 8.66. The number of para-hydroxylation sites is 2. The molecule has 1 atom stereocenters. The van der Waals surface area contributed by atoms with E-state index in [0.29, 0.717) is 24.1 Å². The Bertz CT molecular complexity index is 1090. The quantitative estimate of drug-likeness (QED) is 0.401. The molecule has 1 aromatic heterocycles. The van der Waals surface area contributed by atoms with Crippen LogP contribution >= 0.6 is 11.3 Å². The topological polar surface area (TPSA) is 103 Å². The van der Waals surface area contributed by atoms with E-state index >= 15 is 0 Å². The number of thiazole rings is 1. The molecular formula is C27H33N3O5S. The predicted molar refractivity (Wildman–Crippen MR) is 143 cm³/mol. The van der Waals surface area contributed by atoms with E-state index in [0.717, 1.165) is 42.6 Å². The lowest BCUT2D eigenvalue weighted by atomic mass is 10.0. The second-order valence-corrected chi connectivity index (χ2v) is 9.85. The first-order valence-electron chi connectivity index (χ1n) is 11.9. The first-order chi connectivity index (χ1) is 17.3. The monoisotopic (exact) mass is 511 g/mol. The molecule has 0 spiro atoms. The van der Waals surface area contributed by atoms with Gasteiger partial charge in [0.1, 0.15) is 5.75 Å². The number of hydrogen-bond donors (Lipinski definition) is 2. The summed E-state index contributed by atoms with van der Waals surface area (Å²) in [6.45, 7) is 6.45. The van der Waals surface area contributed by atoms with Crippen LogP contribution in [0.4, 0.5) is 5.13 Å². The minimum absolute atomic E-state index is 0.527. The van der Waals surface area contributed by atoms with Crippen molar-refractivity contribution in [3.63, 3.8) is 0 Å². The fraction of sp³-hybridized carbons (Fsp3) is 0.370. The van der Waals surface area contributed by atoms with Gasteiger partial charge in [-0.25, -0.2) is 14.6 Å². The van der Waals surface area contributed by atoms with Crippen LogP contribution in [0.3, 0.4) is 0 Å². The average Bonchev–Trinajstić information content (AvgIpc) is 3.32. The highest BCUT2D eigenvalue weighted by molar-refractivity contribution is 7.22. The molecule has 1 aliphatic heterocycles. The molecule has 2 N–H and O–H groups in total. The number of likely N-dealkylation sites (tertiary alicyclic amines) is 1. The molecule has 0 bridgehead atoms. The highest BCUT2D eigenvalue weighted by Gasteiger charge is 2.25. The fourth-order valence-electron chi connectivity index (χ4n) is 4.05. The smallest absolute Gasteiger partial charge is 0.328 e. The van der Waals surface area contributed by atoms with Crippen molar-refractivity contribution in [2.24, 2.45) is 5.92 Å². The van der Waals surface area contributed by atoms with Crippen LogP contribution in [0.1, 0.15) is 19.8 Å². The van der Waals surface area contributed by atoms with Crippen LogP contribution in [0, 0.1) is 5.92 Å². The number of carboxylic acid groups (broad SMARTS) is 2. The number of hydrogen-bond acceptors (Lipinski definition) is 7. The number of aromatic nitrogens is 1. The zero-order valence-electron chi connectivity index (χ0n) is 20.6. The molecule has 1 aliphatic rings. The van der Waals surface area contributed by atoms with Crippen molar-refractivity contribution in [1.82, 2.24) is 9.88 Å². The van der Waals surface area contributed by atoms with E-state index in [1.54, 1.807) is 11.3 Å². The Balaban J connectivity index is 0.000000392. The zero-order valence-corrected chi connectivity index (χ0v) is 21.4. The number of carbonyl (C=O) groups is 2. The molecule has 0 amide bonds. The molecule has 1 unspecified atom stereocenters. The van der Waals surface area contributed by atoms with Gasteiger partial charge in [-0.3, -0.25) is 0 Å². The Labute approximate surface area is 215 Å². The van der Waals surface area contributed by atoms with Crippen LogP contribution in [-0.2, 0) is 9.59 Å². The van der Waals surface area contributed by atoms with Crippen LogP contribution in [0.15, 0.2) is 66.7 Å². The minimum atomic E-state index is -1.26. The maximum atomic E-state index is 9.55. The summed E-state index contributed by atoms with van der Waals surface area (Å²) >= 11 is 1.80. The van der Waals surface area contributed by atoms with Crippen molar-refractivity contribution in [3.05, 3.63) is 66.7 Å². The molecule has 2 aromatic carbocycles. The largest absolute Gasteiger partial charge is 0.493 e. The number of carboxylic acids is 2. The van der Waals surface area contributed by atoms with Gasteiger partial charge in [0, 0.05) is 50.8 Å². The normalized spacial score (nSPS) is 15.3. The standard InChI is InChI=1S/C23H29N3OS.C4H4O4/c1-18(17-27-20-8-4-3-5-9-20)16-26-14-12-19(13-15-26)25(2)23-24-21-10-6-7-11-22(21)28-23;5-3(6)1-2-4(7)8/h3-11,18-19H,12-17H2,1-2H3;1-2H,(H,5,6)(H,7,8)/b;2-1-. The fourth-order valence-corrected chi connectivity index (χ4v) is 5.05.